The van der Waals surface area contributed by atoms with Crippen molar-refractivity contribution in [3.8, 4) is 0 Å². The summed E-state index contributed by atoms with van der Waals surface area (Å²) >= 11 is 0. The molecule has 0 aromatic rings. The topological polar surface area (TPSA) is 3.24 Å². The highest BCUT2D eigenvalue weighted by Crippen LogP contribution is 2.45. The Morgan fingerprint density at radius 1 is 1.13 bits per heavy atom. The van der Waals surface area contributed by atoms with Crippen LogP contribution >= 0.6 is 0 Å². The Labute approximate surface area is 95.2 Å². The zero-order valence-electron chi connectivity index (χ0n) is 10.8. The second-order valence-electron chi connectivity index (χ2n) is 6.69. The van der Waals surface area contributed by atoms with Crippen LogP contribution in [0.2, 0.25) is 0 Å². The third-order valence-corrected chi connectivity index (χ3v) is 4.79. The fourth-order valence-corrected chi connectivity index (χ4v) is 3.41. The Kier molecular flexibility index (Phi) is 3.12. The summed E-state index contributed by atoms with van der Waals surface area (Å²) in [5.74, 6) is 0. The van der Waals surface area contributed by atoms with Gasteiger partial charge >= 0.3 is 0 Å². The van der Waals surface area contributed by atoms with Crippen molar-refractivity contribution in [3.63, 3.8) is 0 Å². The molecule has 15 heavy (non-hydrogen) atoms. The van der Waals surface area contributed by atoms with Crippen LogP contribution in [0.4, 0.5) is 0 Å². The van der Waals surface area contributed by atoms with Crippen LogP contribution in [0.5, 0.6) is 0 Å². The van der Waals surface area contributed by atoms with Crippen molar-refractivity contribution in [2.75, 3.05) is 19.6 Å². The van der Waals surface area contributed by atoms with E-state index in [2.05, 4.69) is 25.7 Å². The molecule has 0 aromatic heterocycles. The third-order valence-electron chi connectivity index (χ3n) is 4.79. The lowest BCUT2D eigenvalue weighted by Gasteiger charge is -2.30. The SMILES string of the molecule is CCC(C)(C)CN1CCC2(CCCC2)C1. The summed E-state index contributed by atoms with van der Waals surface area (Å²) in [5.41, 5.74) is 1.27. The van der Waals surface area contributed by atoms with E-state index in [1.807, 2.05) is 0 Å². The highest BCUT2D eigenvalue weighted by atomic mass is 15.2. The normalized spacial score (nSPS) is 26.6. The first kappa shape index (κ1) is 11.4. The third kappa shape index (κ3) is 2.55. The van der Waals surface area contributed by atoms with Gasteiger partial charge in [-0.3, -0.25) is 0 Å². The minimum absolute atomic E-state index is 0.518. The molecule has 0 N–H and O–H groups in total. The first-order valence-electron chi connectivity index (χ1n) is 6.78. The number of hydrogen-bond donors (Lipinski definition) is 0. The molecular weight excluding hydrogens is 182 g/mol. The Morgan fingerprint density at radius 2 is 1.80 bits per heavy atom. The molecule has 1 heteroatoms. The van der Waals surface area contributed by atoms with Crippen LogP contribution in [0.25, 0.3) is 0 Å². The molecule has 0 amide bonds. The fourth-order valence-electron chi connectivity index (χ4n) is 3.41. The predicted molar refractivity (Wildman–Crippen MR) is 66.0 cm³/mol. The summed E-state index contributed by atoms with van der Waals surface area (Å²) < 4.78 is 0. The molecule has 2 fully saturated rings. The molecular formula is C14H27N. The molecule has 88 valence electrons. The Morgan fingerprint density at radius 3 is 2.40 bits per heavy atom. The lowest BCUT2D eigenvalue weighted by molar-refractivity contribution is 0.181. The van der Waals surface area contributed by atoms with Crippen LogP contribution in [-0.2, 0) is 0 Å². The Hall–Kier alpha value is -0.0400. The molecule has 1 saturated carbocycles. The average Bonchev–Trinajstić information content (AvgIpc) is 2.78. The van der Waals surface area contributed by atoms with Gasteiger partial charge in [0.15, 0.2) is 0 Å². The first-order chi connectivity index (χ1) is 7.05. The zero-order chi connectivity index (χ0) is 10.9. The van der Waals surface area contributed by atoms with Gasteiger partial charge in [0.05, 0.1) is 0 Å². The minimum atomic E-state index is 0.518. The van der Waals surface area contributed by atoms with Gasteiger partial charge in [0.1, 0.15) is 0 Å². The van der Waals surface area contributed by atoms with Gasteiger partial charge in [-0.1, -0.05) is 33.6 Å². The van der Waals surface area contributed by atoms with Gasteiger partial charge in [0.25, 0.3) is 0 Å². The molecule has 1 spiro atoms. The molecule has 1 heterocycles. The van der Waals surface area contributed by atoms with E-state index in [1.54, 1.807) is 0 Å². The van der Waals surface area contributed by atoms with Gasteiger partial charge in [-0.15, -0.1) is 0 Å². The summed E-state index contributed by atoms with van der Waals surface area (Å²) in [6, 6.07) is 0. The monoisotopic (exact) mass is 209 g/mol. The van der Waals surface area contributed by atoms with Crippen LogP contribution in [0.1, 0.15) is 59.3 Å². The highest BCUT2D eigenvalue weighted by molar-refractivity contribution is 4.94. The smallest absolute Gasteiger partial charge is 0.00387 e. The van der Waals surface area contributed by atoms with Gasteiger partial charge < -0.3 is 4.90 Å². The molecule has 2 aliphatic rings. The molecule has 0 aromatic carbocycles. The fraction of sp³-hybridized carbons (Fsp3) is 1.00. The van der Waals surface area contributed by atoms with Crippen LogP contribution in [0.15, 0.2) is 0 Å². The molecule has 1 aliphatic carbocycles. The molecule has 1 aliphatic heterocycles. The van der Waals surface area contributed by atoms with E-state index in [9.17, 15) is 0 Å². The van der Waals surface area contributed by atoms with E-state index in [4.69, 9.17) is 0 Å². The number of nitrogens with zero attached hydrogens (tertiary/aromatic N) is 1. The second-order valence-corrected chi connectivity index (χ2v) is 6.69. The van der Waals surface area contributed by atoms with Gasteiger partial charge in [0, 0.05) is 13.1 Å². The predicted octanol–water partition coefficient (Wildman–Crippen LogP) is 3.69. The largest absolute Gasteiger partial charge is 0.302 e. The van der Waals surface area contributed by atoms with Crippen molar-refractivity contribution in [1.29, 1.82) is 0 Å². The van der Waals surface area contributed by atoms with Crippen LogP contribution in [-0.4, -0.2) is 24.5 Å². The summed E-state index contributed by atoms with van der Waals surface area (Å²) in [4.78, 5) is 2.73. The maximum absolute atomic E-state index is 2.73. The van der Waals surface area contributed by atoms with E-state index in [-0.39, 0.29) is 0 Å². The van der Waals surface area contributed by atoms with E-state index < -0.39 is 0 Å². The van der Waals surface area contributed by atoms with Gasteiger partial charge in [-0.25, -0.2) is 0 Å². The average molecular weight is 209 g/mol. The highest BCUT2D eigenvalue weighted by Gasteiger charge is 2.40. The van der Waals surface area contributed by atoms with E-state index in [0.29, 0.717) is 5.41 Å². The Bertz CT molecular complexity index is 213. The molecule has 0 radical (unpaired) electrons. The van der Waals surface area contributed by atoms with Gasteiger partial charge in [-0.2, -0.15) is 0 Å². The van der Waals surface area contributed by atoms with Crippen molar-refractivity contribution < 1.29 is 0 Å². The zero-order valence-corrected chi connectivity index (χ0v) is 10.8. The number of rotatable bonds is 3. The first-order valence-corrected chi connectivity index (χ1v) is 6.78. The van der Waals surface area contributed by atoms with Crippen molar-refractivity contribution >= 4 is 0 Å². The molecule has 2 rings (SSSR count). The van der Waals surface area contributed by atoms with Crippen molar-refractivity contribution in [3.05, 3.63) is 0 Å². The van der Waals surface area contributed by atoms with Crippen LogP contribution in [0, 0.1) is 10.8 Å². The summed E-state index contributed by atoms with van der Waals surface area (Å²) in [6.07, 6.45) is 8.78. The molecule has 0 unspecified atom stereocenters. The van der Waals surface area contributed by atoms with Crippen LogP contribution in [0.3, 0.4) is 0 Å². The lowest BCUT2D eigenvalue weighted by Crippen LogP contribution is -2.33. The van der Waals surface area contributed by atoms with Crippen molar-refractivity contribution in [2.24, 2.45) is 10.8 Å². The molecule has 1 saturated heterocycles. The summed E-state index contributed by atoms with van der Waals surface area (Å²) in [6.45, 7) is 11.2. The standard InChI is InChI=1S/C14H27N/c1-4-13(2,3)11-15-10-9-14(12-15)7-5-6-8-14/h4-12H2,1-3H3. The minimum Gasteiger partial charge on any atom is -0.302 e. The summed E-state index contributed by atoms with van der Waals surface area (Å²) in [5, 5.41) is 0. The molecule has 0 bridgehead atoms. The van der Waals surface area contributed by atoms with E-state index >= 15 is 0 Å². The Balaban J connectivity index is 1.87. The molecule has 1 nitrogen and oxygen atoms in total. The number of hydrogen-bond acceptors (Lipinski definition) is 1. The van der Waals surface area contributed by atoms with Crippen LogP contribution < -0.4 is 0 Å². The maximum Gasteiger partial charge on any atom is 0.00387 e. The van der Waals surface area contributed by atoms with Gasteiger partial charge in [0.2, 0.25) is 0 Å². The second kappa shape index (κ2) is 4.08. The van der Waals surface area contributed by atoms with Crippen molar-refractivity contribution in [2.45, 2.75) is 59.3 Å². The number of likely N-dealkylation sites (tertiary alicyclic amines) is 1. The van der Waals surface area contributed by atoms with E-state index in [0.717, 1.165) is 5.41 Å². The molecule has 0 atom stereocenters. The summed E-state index contributed by atoms with van der Waals surface area (Å²) in [7, 11) is 0. The maximum atomic E-state index is 2.73. The lowest BCUT2D eigenvalue weighted by atomic mass is 9.85. The quantitative estimate of drug-likeness (QED) is 0.685. The van der Waals surface area contributed by atoms with Gasteiger partial charge in [-0.05, 0) is 43.1 Å². The van der Waals surface area contributed by atoms with E-state index in [1.165, 1.54) is 58.2 Å². The van der Waals surface area contributed by atoms with Crippen molar-refractivity contribution in [1.82, 2.24) is 4.90 Å².